The third kappa shape index (κ3) is 3.80. The maximum Gasteiger partial charge on any atom is 0.0538 e. The molecule has 2 rings (SSSR count). The van der Waals surface area contributed by atoms with E-state index in [1.165, 1.54) is 16.7 Å². The van der Waals surface area contributed by atoms with E-state index in [0.717, 1.165) is 13.0 Å². The van der Waals surface area contributed by atoms with E-state index in [9.17, 15) is 0 Å². The van der Waals surface area contributed by atoms with Gasteiger partial charge in [0.1, 0.15) is 0 Å². The van der Waals surface area contributed by atoms with Crippen LogP contribution in [0.25, 0.3) is 6.20 Å². The van der Waals surface area contributed by atoms with Crippen molar-refractivity contribution in [2.75, 3.05) is 0 Å². The van der Waals surface area contributed by atoms with Crippen LogP contribution in [-0.2, 0) is 13.0 Å². The highest BCUT2D eigenvalue weighted by Gasteiger charge is 2.05. The zero-order valence-corrected chi connectivity index (χ0v) is 11.6. The van der Waals surface area contributed by atoms with E-state index in [0.29, 0.717) is 6.04 Å². The lowest BCUT2D eigenvalue weighted by molar-refractivity contribution is 0.544. The first-order valence-corrected chi connectivity index (χ1v) is 6.62. The van der Waals surface area contributed by atoms with Crippen LogP contribution in [0.5, 0.6) is 0 Å². The summed E-state index contributed by atoms with van der Waals surface area (Å²) < 4.78 is 1.73. The normalized spacial score (nSPS) is 12.3. The lowest BCUT2D eigenvalue weighted by Crippen LogP contribution is -2.27. The molecule has 100 valence electrons. The zero-order valence-electron chi connectivity index (χ0n) is 11.6. The average Bonchev–Trinajstić information content (AvgIpc) is 2.87. The van der Waals surface area contributed by atoms with Gasteiger partial charge in [0.25, 0.3) is 0 Å². The third-order valence-corrected chi connectivity index (χ3v) is 3.28. The van der Waals surface area contributed by atoms with Crippen LogP contribution in [0.3, 0.4) is 0 Å². The van der Waals surface area contributed by atoms with Crippen molar-refractivity contribution in [1.82, 2.24) is 15.1 Å². The minimum Gasteiger partial charge on any atom is -0.310 e. The Hall–Kier alpha value is -1.87. The first kappa shape index (κ1) is 13.6. The van der Waals surface area contributed by atoms with Crippen LogP contribution in [0.15, 0.2) is 43.2 Å². The second-order valence-electron chi connectivity index (χ2n) is 4.92. The highest BCUT2D eigenvalue weighted by molar-refractivity contribution is 5.26. The van der Waals surface area contributed by atoms with Crippen molar-refractivity contribution in [2.45, 2.75) is 32.9 Å². The molecule has 0 aliphatic rings. The fraction of sp³-hybridized carbons (Fsp3) is 0.312. The summed E-state index contributed by atoms with van der Waals surface area (Å²) in [6.45, 7) is 8.89. The predicted octanol–water partition coefficient (Wildman–Crippen LogP) is 3.01. The molecule has 1 atom stereocenters. The summed E-state index contributed by atoms with van der Waals surface area (Å²) in [5, 5.41) is 7.69. The molecule has 1 aromatic carbocycles. The van der Waals surface area contributed by atoms with Gasteiger partial charge in [-0.2, -0.15) is 5.10 Å². The second-order valence-corrected chi connectivity index (χ2v) is 4.92. The van der Waals surface area contributed by atoms with Crippen LogP contribution in [0.1, 0.15) is 23.6 Å². The van der Waals surface area contributed by atoms with Gasteiger partial charge in [0.2, 0.25) is 0 Å². The Morgan fingerprint density at radius 3 is 2.89 bits per heavy atom. The van der Waals surface area contributed by atoms with Gasteiger partial charge in [0.05, 0.1) is 6.20 Å². The molecular formula is C16H21N3. The highest BCUT2D eigenvalue weighted by atomic mass is 15.2. The standard InChI is InChI=1S/C16H21N3/c1-4-19-12-15(11-18-19)10-17-14(3)9-16-8-6-5-7-13(16)2/h4-8,11-12,14,17H,1,9-10H2,2-3H3. The maximum atomic E-state index is 4.17. The van der Waals surface area contributed by atoms with Crippen LogP contribution in [0.4, 0.5) is 0 Å². The Balaban J connectivity index is 1.86. The van der Waals surface area contributed by atoms with Gasteiger partial charge in [-0.15, -0.1) is 0 Å². The van der Waals surface area contributed by atoms with E-state index in [4.69, 9.17) is 0 Å². The number of hydrogen-bond acceptors (Lipinski definition) is 2. The molecule has 1 aromatic heterocycles. The molecule has 0 amide bonds. The van der Waals surface area contributed by atoms with Crippen LogP contribution in [0, 0.1) is 6.92 Å². The Kier molecular flexibility index (Phi) is 4.53. The second kappa shape index (κ2) is 6.34. The highest BCUT2D eigenvalue weighted by Crippen LogP contribution is 2.10. The molecule has 0 saturated carbocycles. The number of nitrogens with zero attached hydrogens (tertiary/aromatic N) is 2. The molecule has 2 aromatic rings. The molecule has 1 unspecified atom stereocenters. The Morgan fingerprint density at radius 1 is 1.42 bits per heavy atom. The van der Waals surface area contributed by atoms with Crippen LogP contribution < -0.4 is 5.32 Å². The fourth-order valence-electron chi connectivity index (χ4n) is 2.10. The van der Waals surface area contributed by atoms with Gasteiger partial charge in [0.15, 0.2) is 0 Å². The average molecular weight is 255 g/mol. The Morgan fingerprint density at radius 2 is 2.21 bits per heavy atom. The zero-order chi connectivity index (χ0) is 13.7. The van der Waals surface area contributed by atoms with Crippen molar-refractivity contribution in [2.24, 2.45) is 0 Å². The number of aryl methyl sites for hydroxylation is 1. The van der Waals surface area contributed by atoms with E-state index in [1.54, 1.807) is 10.9 Å². The smallest absolute Gasteiger partial charge is 0.0538 e. The number of benzene rings is 1. The lowest BCUT2D eigenvalue weighted by Gasteiger charge is -2.14. The first-order chi connectivity index (χ1) is 9.19. The maximum absolute atomic E-state index is 4.17. The minimum absolute atomic E-state index is 0.438. The summed E-state index contributed by atoms with van der Waals surface area (Å²) in [5.41, 5.74) is 3.94. The lowest BCUT2D eigenvalue weighted by atomic mass is 10.0. The summed E-state index contributed by atoms with van der Waals surface area (Å²) in [7, 11) is 0. The largest absolute Gasteiger partial charge is 0.310 e. The quantitative estimate of drug-likeness (QED) is 0.860. The predicted molar refractivity (Wildman–Crippen MR) is 79.8 cm³/mol. The molecule has 0 aliphatic heterocycles. The van der Waals surface area contributed by atoms with E-state index in [2.05, 4.69) is 55.1 Å². The van der Waals surface area contributed by atoms with Crippen LogP contribution in [0.2, 0.25) is 0 Å². The molecule has 0 fully saturated rings. The summed E-state index contributed by atoms with van der Waals surface area (Å²) >= 11 is 0. The van der Waals surface area contributed by atoms with Gasteiger partial charge in [0, 0.05) is 30.5 Å². The van der Waals surface area contributed by atoms with Crippen molar-refractivity contribution < 1.29 is 0 Å². The van der Waals surface area contributed by atoms with Crippen molar-refractivity contribution >= 4 is 6.20 Å². The van der Waals surface area contributed by atoms with Crippen molar-refractivity contribution in [3.05, 3.63) is 59.9 Å². The van der Waals surface area contributed by atoms with E-state index >= 15 is 0 Å². The SMILES string of the molecule is C=Cn1cc(CNC(C)Cc2ccccc2C)cn1. The van der Waals surface area contributed by atoms with Crippen molar-refractivity contribution in [3.8, 4) is 0 Å². The van der Waals surface area contributed by atoms with Gasteiger partial charge < -0.3 is 5.32 Å². The molecule has 1 heterocycles. The number of aromatic nitrogens is 2. The molecule has 0 aliphatic carbocycles. The molecule has 0 spiro atoms. The molecule has 0 saturated heterocycles. The van der Waals surface area contributed by atoms with Gasteiger partial charge in [-0.25, -0.2) is 4.68 Å². The van der Waals surface area contributed by atoms with Crippen molar-refractivity contribution in [1.29, 1.82) is 0 Å². The van der Waals surface area contributed by atoms with Crippen molar-refractivity contribution in [3.63, 3.8) is 0 Å². The summed E-state index contributed by atoms with van der Waals surface area (Å²) in [6, 6.07) is 8.98. The van der Waals surface area contributed by atoms with Gasteiger partial charge in [-0.05, 0) is 31.4 Å². The molecule has 1 N–H and O–H groups in total. The fourth-order valence-corrected chi connectivity index (χ4v) is 2.10. The van der Waals surface area contributed by atoms with E-state index in [-0.39, 0.29) is 0 Å². The summed E-state index contributed by atoms with van der Waals surface area (Å²) in [6.07, 6.45) is 6.60. The minimum atomic E-state index is 0.438. The molecule has 19 heavy (non-hydrogen) atoms. The monoisotopic (exact) mass is 255 g/mol. The van der Waals surface area contributed by atoms with Crippen LogP contribution in [-0.4, -0.2) is 15.8 Å². The van der Waals surface area contributed by atoms with E-state index < -0.39 is 0 Å². The Bertz CT molecular complexity index is 542. The number of nitrogens with one attached hydrogen (secondary N) is 1. The van der Waals surface area contributed by atoms with Gasteiger partial charge in [-0.3, -0.25) is 0 Å². The number of hydrogen-bond donors (Lipinski definition) is 1. The molecule has 0 bridgehead atoms. The third-order valence-electron chi connectivity index (χ3n) is 3.28. The molecule has 0 radical (unpaired) electrons. The van der Waals surface area contributed by atoms with E-state index in [1.807, 2.05) is 12.4 Å². The molecular weight excluding hydrogens is 234 g/mol. The topological polar surface area (TPSA) is 29.9 Å². The van der Waals surface area contributed by atoms with Gasteiger partial charge >= 0.3 is 0 Å². The number of rotatable bonds is 6. The summed E-state index contributed by atoms with van der Waals surface area (Å²) in [5.74, 6) is 0. The molecule has 3 heteroatoms. The first-order valence-electron chi connectivity index (χ1n) is 6.62. The van der Waals surface area contributed by atoms with Crippen LogP contribution >= 0.6 is 0 Å². The summed E-state index contributed by atoms with van der Waals surface area (Å²) in [4.78, 5) is 0. The Labute approximate surface area is 115 Å². The molecule has 3 nitrogen and oxygen atoms in total. The van der Waals surface area contributed by atoms with Gasteiger partial charge in [-0.1, -0.05) is 30.8 Å².